The fourth-order valence-corrected chi connectivity index (χ4v) is 2.48. The van der Waals surface area contributed by atoms with Crippen LogP contribution in [-0.2, 0) is 6.42 Å². The lowest BCUT2D eigenvalue weighted by Crippen LogP contribution is -2.34. The number of hydrogen-bond acceptors (Lipinski definition) is 4. The molecular formula is C17H21N3O2S. The average molecular weight is 331 g/mol. The van der Waals surface area contributed by atoms with Gasteiger partial charge in [-0.1, -0.05) is 30.6 Å². The molecule has 0 aliphatic rings. The molecule has 0 saturated heterocycles. The van der Waals surface area contributed by atoms with E-state index in [1.807, 2.05) is 12.1 Å². The average Bonchev–Trinajstić information content (AvgIpc) is 2.85. The van der Waals surface area contributed by atoms with Gasteiger partial charge in [0, 0.05) is 5.69 Å². The van der Waals surface area contributed by atoms with Gasteiger partial charge in [0.15, 0.2) is 5.11 Å². The Bertz CT molecular complexity index is 673. The highest BCUT2D eigenvalue weighted by Crippen LogP contribution is 2.13. The van der Waals surface area contributed by atoms with Gasteiger partial charge in [-0.2, -0.15) is 0 Å². The number of rotatable bonds is 5. The molecule has 1 amide bonds. The Morgan fingerprint density at radius 1 is 1.26 bits per heavy atom. The van der Waals surface area contributed by atoms with E-state index < -0.39 is 0 Å². The Hall–Kier alpha value is -2.21. The van der Waals surface area contributed by atoms with Crippen molar-refractivity contribution < 1.29 is 9.32 Å². The summed E-state index contributed by atoms with van der Waals surface area (Å²) in [6, 6.07) is 8.05. The lowest BCUT2D eigenvalue weighted by molar-refractivity contribution is 0.0976. The van der Waals surface area contributed by atoms with E-state index >= 15 is 0 Å². The fourth-order valence-electron chi connectivity index (χ4n) is 2.27. The largest absolute Gasteiger partial charge is 0.361 e. The Morgan fingerprint density at radius 2 is 1.96 bits per heavy atom. The van der Waals surface area contributed by atoms with Gasteiger partial charge in [-0.15, -0.1) is 0 Å². The molecule has 1 aromatic carbocycles. The molecular weight excluding hydrogens is 310 g/mol. The van der Waals surface area contributed by atoms with Crippen LogP contribution < -0.4 is 10.6 Å². The number of aromatic nitrogens is 1. The summed E-state index contributed by atoms with van der Waals surface area (Å²) >= 11 is 5.18. The molecule has 2 aromatic rings. The zero-order valence-corrected chi connectivity index (χ0v) is 14.4. The number of nitrogens with zero attached hydrogens (tertiary/aromatic N) is 1. The number of nitrogens with one attached hydrogen (secondary N) is 2. The predicted molar refractivity (Wildman–Crippen MR) is 94.7 cm³/mol. The number of thiocarbonyl (C=S) groups is 1. The van der Waals surface area contributed by atoms with Crippen molar-refractivity contribution in [2.24, 2.45) is 0 Å². The maximum Gasteiger partial charge on any atom is 0.262 e. The van der Waals surface area contributed by atoms with Crippen LogP contribution in [0.2, 0.25) is 0 Å². The fraction of sp³-hybridized carbons (Fsp3) is 0.353. The summed E-state index contributed by atoms with van der Waals surface area (Å²) in [4.78, 5) is 12.2. The number of anilines is 1. The monoisotopic (exact) mass is 331 g/mol. The van der Waals surface area contributed by atoms with Crippen LogP contribution in [0.3, 0.4) is 0 Å². The lowest BCUT2D eigenvalue weighted by Gasteiger charge is -2.10. The van der Waals surface area contributed by atoms with Gasteiger partial charge in [-0.05, 0) is 56.6 Å². The van der Waals surface area contributed by atoms with E-state index in [1.165, 1.54) is 18.4 Å². The molecule has 122 valence electrons. The maximum atomic E-state index is 12.2. The van der Waals surface area contributed by atoms with Gasteiger partial charge in [0.2, 0.25) is 0 Å². The van der Waals surface area contributed by atoms with E-state index in [-0.39, 0.29) is 11.0 Å². The molecule has 23 heavy (non-hydrogen) atoms. The molecule has 0 saturated carbocycles. The molecule has 0 radical (unpaired) electrons. The van der Waals surface area contributed by atoms with Crippen molar-refractivity contribution in [3.8, 4) is 0 Å². The first-order valence-electron chi connectivity index (χ1n) is 7.65. The molecule has 0 unspecified atom stereocenters. The second kappa shape index (κ2) is 7.87. The van der Waals surface area contributed by atoms with E-state index in [4.69, 9.17) is 16.7 Å². The highest BCUT2D eigenvalue weighted by molar-refractivity contribution is 7.80. The number of hydrogen-bond donors (Lipinski definition) is 2. The molecule has 1 heterocycles. The third kappa shape index (κ3) is 4.63. The van der Waals surface area contributed by atoms with Gasteiger partial charge in [0.05, 0.1) is 5.69 Å². The first kappa shape index (κ1) is 17.1. The molecule has 0 aliphatic carbocycles. The van der Waals surface area contributed by atoms with Crippen molar-refractivity contribution in [3.63, 3.8) is 0 Å². The van der Waals surface area contributed by atoms with E-state index in [2.05, 4.69) is 34.8 Å². The van der Waals surface area contributed by atoms with E-state index in [1.54, 1.807) is 13.8 Å². The first-order chi connectivity index (χ1) is 11.0. The van der Waals surface area contributed by atoms with Crippen molar-refractivity contribution in [2.45, 2.75) is 40.0 Å². The molecule has 0 fully saturated rings. The van der Waals surface area contributed by atoms with Gasteiger partial charge in [0.25, 0.3) is 5.91 Å². The lowest BCUT2D eigenvalue weighted by atomic mass is 10.1. The Kier molecular flexibility index (Phi) is 5.87. The molecule has 6 heteroatoms. The topological polar surface area (TPSA) is 67.2 Å². The second-order valence-corrected chi connectivity index (χ2v) is 5.82. The summed E-state index contributed by atoms with van der Waals surface area (Å²) in [5, 5.41) is 9.66. The Morgan fingerprint density at radius 3 is 2.52 bits per heavy atom. The van der Waals surface area contributed by atoms with Gasteiger partial charge in [-0.3, -0.25) is 10.1 Å². The zero-order valence-electron chi connectivity index (χ0n) is 13.6. The van der Waals surface area contributed by atoms with Crippen LogP contribution in [0.15, 0.2) is 28.8 Å². The minimum atomic E-state index is -0.321. The number of amides is 1. The van der Waals surface area contributed by atoms with Crippen LogP contribution in [0.25, 0.3) is 0 Å². The van der Waals surface area contributed by atoms with Crippen LogP contribution >= 0.6 is 12.2 Å². The summed E-state index contributed by atoms with van der Waals surface area (Å²) < 4.78 is 4.99. The Balaban J connectivity index is 1.93. The van der Waals surface area contributed by atoms with Crippen LogP contribution in [0.1, 0.15) is 47.1 Å². The van der Waals surface area contributed by atoms with Crippen molar-refractivity contribution in [3.05, 3.63) is 46.8 Å². The number of carbonyl (C=O) groups is 1. The number of aryl methyl sites for hydroxylation is 3. The minimum Gasteiger partial charge on any atom is -0.361 e. The summed E-state index contributed by atoms with van der Waals surface area (Å²) in [5.74, 6) is 0.154. The molecule has 0 spiro atoms. The van der Waals surface area contributed by atoms with Crippen molar-refractivity contribution in [2.75, 3.05) is 5.32 Å². The molecule has 0 bridgehead atoms. The van der Waals surface area contributed by atoms with Gasteiger partial charge >= 0.3 is 0 Å². The highest BCUT2D eigenvalue weighted by Gasteiger charge is 2.18. The molecule has 1 aromatic heterocycles. The smallest absolute Gasteiger partial charge is 0.262 e. The molecule has 0 atom stereocenters. The van der Waals surface area contributed by atoms with Gasteiger partial charge in [0.1, 0.15) is 11.3 Å². The minimum absolute atomic E-state index is 0.247. The molecule has 5 nitrogen and oxygen atoms in total. The summed E-state index contributed by atoms with van der Waals surface area (Å²) in [6.07, 6.45) is 3.43. The van der Waals surface area contributed by atoms with E-state index in [0.717, 1.165) is 12.1 Å². The van der Waals surface area contributed by atoms with Crippen LogP contribution in [-0.4, -0.2) is 16.2 Å². The third-order valence-electron chi connectivity index (χ3n) is 3.52. The summed E-state index contributed by atoms with van der Waals surface area (Å²) in [6.45, 7) is 5.59. The number of unbranched alkanes of at least 4 members (excludes halogenated alkanes) is 1. The summed E-state index contributed by atoms with van der Waals surface area (Å²) in [5.41, 5.74) is 3.10. The number of carbonyl (C=O) groups excluding carboxylic acids is 1. The Labute approximate surface area is 141 Å². The second-order valence-electron chi connectivity index (χ2n) is 5.41. The standard InChI is InChI=1S/C17H21N3O2S/c1-4-5-6-13-7-9-14(10-8-13)18-17(23)19-16(21)15-11(2)20-22-12(15)3/h7-10H,4-6H2,1-3H3,(H2,18,19,21,23). The zero-order chi connectivity index (χ0) is 16.8. The van der Waals surface area contributed by atoms with E-state index in [9.17, 15) is 4.79 Å². The van der Waals surface area contributed by atoms with Crippen molar-refractivity contribution in [1.29, 1.82) is 0 Å². The van der Waals surface area contributed by atoms with Crippen molar-refractivity contribution in [1.82, 2.24) is 10.5 Å². The van der Waals surface area contributed by atoms with Crippen LogP contribution in [0, 0.1) is 13.8 Å². The normalized spacial score (nSPS) is 10.4. The maximum absolute atomic E-state index is 12.2. The first-order valence-corrected chi connectivity index (χ1v) is 8.06. The summed E-state index contributed by atoms with van der Waals surface area (Å²) in [7, 11) is 0. The molecule has 2 N–H and O–H groups in total. The molecule has 2 rings (SSSR count). The van der Waals surface area contributed by atoms with Crippen LogP contribution in [0.4, 0.5) is 5.69 Å². The molecule has 0 aliphatic heterocycles. The number of benzene rings is 1. The highest BCUT2D eigenvalue weighted by atomic mass is 32.1. The van der Waals surface area contributed by atoms with Gasteiger partial charge in [-0.25, -0.2) is 0 Å². The predicted octanol–water partition coefficient (Wildman–Crippen LogP) is 3.76. The van der Waals surface area contributed by atoms with Gasteiger partial charge < -0.3 is 9.84 Å². The van der Waals surface area contributed by atoms with E-state index in [0.29, 0.717) is 17.0 Å². The van der Waals surface area contributed by atoms with Crippen molar-refractivity contribution >= 4 is 28.9 Å². The quantitative estimate of drug-likeness (QED) is 0.817. The third-order valence-corrected chi connectivity index (χ3v) is 3.72. The van der Waals surface area contributed by atoms with Crippen LogP contribution in [0.5, 0.6) is 0 Å². The SMILES string of the molecule is CCCCc1ccc(NC(=S)NC(=O)c2c(C)noc2C)cc1.